The lowest BCUT2D eigenvalue weighted by molar-refractivity contribution is -0.126. The van der Waals surface area contributed by atoms with Gasteiger partial charge >= 0.3 is 0 Å². The third-order valence-electron chi connectivity index (χ3n) is 5.06. The van der Waals surface area contributed by atoms with Crippen LogP contribution in [-0.4, -0.2) is 24.6 Å². The van der Waals surface area contributed by atoms with Gasteiger partial charge in [0.1, 0.15) is 13.0 Å². The van der Waals surface area contributed by atoms with Crippen LogP contribution in [0, 0.1) is 0 Å². The highest BCUT2D eigenvalue weighted by molar-refractivity contribution is 9.10. The highest BCUT2D eigenvalue weighted by Crippen LogP contribution is 2.37. The van der Waals surface area contributed by atoms with Gasteiger partial charge in [-0.25, -0.2) is 5.43 Å². The molecule has 188 valence electrons. The van der Waals surface area contributed by atoms with Crippen molar-refractivity contribution in [3.63, 3.8) is 0 Å². The number of carbonyl (C=O) groups excluding carboxylic acids is 2. The summed E-state index contributed by atoms with van der Waals surface area (Å²) in [5.41, 5.74) is 5.60. The zero-order valence-electron chi connectivity index (χ0n) is 20.0. The molecule has 0 saturated heterocycles. The van der Waals surface area contributed by atoms with Crippen LogP contribution < -0.4 is 20.2 Å². The topological polar surface area (TPSA) is 89.0 Å². The van der Waals surface area contributed by atoms with E-state index < -0.39 is 11.8 Å². The van der Waals surface area contributed by atoms with Gasteiger partial charge in [-0.1, -0.05) is 54.9 Å². The number of halogens is 2. The number of nitrogens with one attached hydrogen (secondary N) is 2. The Morgan fingerprint density at radius 1 is 1.00 bits per heavy atom. The molecular formula is C27H27BrClN3O4. The first kappa shape index (κ1) is 27.2. The molecule has 0 unspecified atom stereocenters. The van der Waals surface area contributed by atoms with Gasteiger partial charge < -0.3 is 14.8 Å². The Balaban J connectivity index is 1.61. The monoisotopic (exact) mass is 571 g/mol. The maximum atomic E-state index is 12.2. The Kier molecular flexibility index (Phi) is 10.3. The number of nitrogens with zero attached hydrogens (tertiary/aromatic N) is 1. The lowest BCUT2D eigenvalue weighted by Crippen LogP contribution is -2.25. The fourth-order valence-corrected chi connectivity index (χ4v) is 4.10. The summed E-state index contributed by atoms with van der Waals surface area (Å²) in [6, 6.07) is 18.5. The Labute approximate surface area is 224 Å². The van der Waals surface area contributed by atoms with Crippen molar-refractivity contribution < 1.29 is 19.1 Å². The second-order valence-corrected chi connectivity index (χ2v) is 8.93. The number of aryl methyl sites for hydroxylation is 1. The molecule has 2 amide bonds. The lowest BCUT2D eigenvalue weighted by atomic mass is 10.1. The minimum absolute atomic E-state index is 0.270. The van der Waals surface area contributed by atoms with Gasteiger partial charge in [-0.05, 0) is 64.7 Å². The number of ether oxygens (including phenoxy) is 2. The summed E-state index contributed by atoms with van der Waals surface area (Å²) in [7, 11) is 0. The van der Waals surface area contributed by atoms with Crippen molar-refractivity contribution in [2.45, 2.75) is 33.3 Å². The zero-order chi connectivity index (χ0) is 25.9. The summed E-state index contributed by atoms with van der Waals surface area (Å²) in [4.78, 5) is 24.4. The van der Waals surface area contributed by atoms with E-state index in [1.54, 1.807) is 18.2 Å². The SMILES string of the molecule is CCOc1cc(C=NNC(=O)CC(=O)Nc2ccccc2CC)cc(Br)c1OCc1ccccc1Cl. The number of hydrazone groups is 1. The average molecular weight is 573 g/mol. The number of hydrogen-bond acceptors (Lipinski definition) is 5. The summed E-state index contributed by atoms with van der Waals surface area (Å²) in [6.45, 7) is 4.57. The maximum absolute atomic E-state index is 12.2. The number of amides is 2. The van der Waals surface area contributed by atoms with Crippen LogP contribution in [0.25, 0.3) is 0 Å². The van der Waals surface area contributed by atoms with E-state index in [0.717, 1.165) is 17.5 Å². The van der Waals surface area contributed by atoms with Gasteiger partial charge in [0.15, 0.2) is 11.5 Å². The van der Waals surface area contributed by atoms with E-state index in [4.69, 9.17) is 21.1 Å². The second-order valence-electron chi connectivity index (χ2n) is 7.67. The largest absolute Gasteiger partial charge is 0.490 e. The number of benzene rings is 3. The highest BCUT2D eigenvalue weighted by atomic mass is 79.9. The fraction of sp³-hybridized carbons (Fsp3) is 0.222. The number of rotatable bonds is 11. The van der Waals surface area contributed by atoms with E-state index >= 15 is 0 Å². The molecule has 0 radical (unpaired) electrons. The Morgan fingerprint density at radius 2 is 1.72 bits per heavy atom. The molecule has 0 spiro atoms. The molecule has 9 heteroatoms. The van der Waals surface area contributed by atoms with Crippen LogP contribution in [0.2, 0.25) is 5.02 Å². The van der Waals surface area contributed by atoms with Crippen molar-refractivity contribution in [2.75, 3.05) is 11.9 Å². The minimum Gasteiger partial charge on any atom is -0.490 e. The summed E-state index contributed by atoms with van der Waals surface area (Å²) in [6.07, 6.45) is 1.89. The van der Waals surface area contributed by atoms with Gasteiger partial charge in [0.2, 0.25) is 11.8 Å². The maximum Gasteiger partial charge on any atom is 0.249 e. The molecule has 3 aromatic rings. The number of carbonyl (C=O) groups is 2. The molecule has 0 fully saturated rings. The molecule has 36 heavy (non-hydrogen) atoms. The molecule has 3 aromatic carbocycles. The highest BCUT2D eigenvalue weighted by Gasteiger charge is 2.14. The van der Waals surface area contributed by atoms with Gasteiger partial charge in [-0.2, -0.15) is 5.10 Å². The molecule has 0 aliphatic rings. The van der Waals surface area contributed by atoms with Crippen molar-refractivity contribution in [3.8, 4) is 11.5 Å². The fourth-order valence-electron chi connectivity index (χ4n) is 3.34. The molecule has 2 N–H and O–H groups in total. The van der Waals surface area contributed by atoms with E-state index in [1.807, 2.05) is 56.3 Å². The Bertz CT molecular complexity index is 1250. The van der Waals surface area contributed by atoms with Gasteiger partial charge in [0.05, 0.1) is 17.3 Å². The quantitative estimate of drug-likeness (QED) is 0.165. The summed E-state index contributed by atoms with van der Waals surface area (Å²) >= 11 is 9.74. The lowest BCUT2D eigenvalue weighted by Gasteiger charge is -2.15. The number of anilines is 1. The Morgan fingerprint density at radius 3 is 2.44 bits per heavy atom. The van der Waals surface area contributed by atoms with Crippen molar-refractivity contribution in [1.82, 2.24) is 5.43 Å². The standard InChI is InChI=1S/C27H27BrClN3O4/c1-3-19-9-6-8-12-23(19)31-25(33)15-26(34)32-30-16-18-13-21(28)27(24(14-18)35-4-2)36-17-20-10-5-7-11-22(20)29/h5-14,16H,3-4,15,17H2,1-2H3,(H,31,33)(H,32,34). The van der Waals surface area contributed by atoms with Crippen LogP contribution in [0.5, 0.6) is 11.5 Å². The predicted molar refractivity (Wildman–Crippen MR) is 146 cm³/mol. The van der Waals surface area contributed by atoms with Gasteiger partial charge in [-0.3, -0.25) is 9.59 Å². The molecule has 0 aliphatic heterocycles. The number of para-hydroxylation sites is 1. The van der Waals surface area contributed by atoms with Crippen molar-refractivity contribution in [2.24, 2.45) is 5.10 Å². The number of hydrogen-bond donors (Lipinski definition) is 2. The molecule has 0 atom stereocenters. The zero-order valence-corrected chi connectivity index (χ0v) is 22.4. The summed E-state index contributed by atoms with van der Waals surface area (Å²) < 4.78 is 12.4. The first-order chi connectivity index (χ1) is 17.4. The minimum atomic E-state index is -0.526. The van der Waals surface area contributed by atoms with E-state index in [2.05, 4.69) is 31.8 Å². The second kappa shape index (κ2) is 13.7. The van der Waals surface area contributed by atoms with Crippen LogP contribution in [0.15, 0.2) is 70.2 Å². The van der Waals surface area contributed by atoms with Crippen LogP contribution in [0.3, 0.4) is 0 Å². The van der Waals surface area contributed by atoms with Crippen LogP contribution >= 0.6 is 27.5 Å². The molecular weight excluding hydrogens is 546 g/mol. The molecule has 0 aliphatic carbocycles. The van der Waals surface area contributed by atoms with E-state index in [-0.39, 0.29) is 13.0 Å². The van der Waals surface area contributed by atoms with Gasteiger partial charge in [-0.15, -0.1) is 0 Å². The van der Waals surface area contributed by atoms with Crippen molar-refractivity contribution >= 4 is 51.2 Å². The smallest absolute Gasteiger partial charge is 0.249 e. The summed E-state index contributed by atoms with van der Waals surface area (Å²) in [5, 5.41) is 7.36. The molecule has 0 bridgehead atoms. The normalized spacial score (nSPS) is 10.8. The van der Waals surface area contributed by atoms with E-state index in [9.17, 15) is 9.59 Å². The van der Waals surface area contributed by atoms with Crippen LogP contribution in [-0.2, 0) is 22.6 Å². The third kappa shape index (κ3) is 7.83. The molecule has 3 rings (SSSR count). The van der Waals surface area contributed by atoms with Crippen molar-refractivity contribution in [3.05, 3.63) is 86.8 Å². The van der Waals surface area contributed by atoms with Crippen LogP contribution in [0.4, 0.5) is 5.69 Å². The molecule has 0 aromatic heterocycles. The van der Waals surface area contributed by atoms with Gasteiger partial charge in [0.25, 0.3) is 0 Å². The Hall–Kier alpha value is -3.36. The van der Waals surface area contributed by atoms with E-state index in [0.29, 0.717) is 38.9 Å². The average Bonchev–Trinajstić information content (AvgIpc) is 2.85. The molecule has 0 heterocycles. The molecule has 0 saturated carbocycles. The predicted octanol–water partition coefficient (Wildman–Crippen LogP) is 6.12. The van der Waals surface area contributed by atoms with Crippen molar-refractivity contribution in [1.29, 1.82) is 0 Å². The molecule has 7 nitrogen and oxygen atoms in total. The summed E-state index contributed by atoms with van der Waals surface area (Å²) in [5.74, 6) is 0.106. The first-order valence-corrected chi connectivity index (χ1v) is 12.6. The van der Waals surface area contributed by atoms with E-state index in [1.165, 1.54) is 6.21 Å². The van der Waals surface area contributed by atoms with Crippen LogP contribution in [0.1, 0.15) is 37.0 Å². The first-order valence-electron chi connectivity index (χ1n) is 11.4. The van der Waals surface area contributed by atoms with Gasteiger partial charge in [0, 0.05) is 16.3 Å². The third-order valence-corrected chi connectivity index (χ3v) is 6.02.